The summed E-state index contributed by atoms with van der Waals surface area (Å²) in [6.07, 6.45) is 1.81. The van der Waals surface area contributed by atoms with Gasteiger partial charge in [-0.15, -0.1) is 0 Å². The molecular formula is C12H17ClN4O. The minimum atomic E-state index is -0.455. The first-order valence-electron chi connectivity index (χ1n) is 5.66. The predicted molar refractivity (Wildman–Crippen MR) is 75.1 cm³/mol. The number of halogens is 1. The number of nitrogens with two attached hydrogens (primary N) is 1. The normalized spacial score (nSPS) is 11.2. The Morgan fingerprint density at radius 1 is 1.50 bits per heavy atom. The molecular weight excluding hydrogens is 252 g/mol. The van der Waals surface area contributed by atoms with Crippen LogP contribution in [-0.4, -0.2) is 19.0 Å². The van der Waals surface area contributed by atoms with Crippen molar-refractivity contribution < 1.29 is 4.79 Å². The Morgan fingerprint density at radius 3 is 2.83 bits per heavy atom. The molecule has 0 atom stereocenters. The van der Waals surface area contributed by atoms with Crippen molar-refractivity contribution in [2.45, 2.75) is 19.8 Å². The summed E-state index contributed by atoms with van der Waals surface area (Å²) < 4.78 is 0. The van der Waals surface area contributed by atoms with Crippen LogP contribution in [0, 0.1) is 0 Å². The van der Waals surface area contributed by atoms with Crippen molar-refractivity contribution in [1.29, 1.82) is 0 Å². The first-order valence-corrected chi connectivity index (χ1v) is 6.04. The van der Waals surface area contributed by atoms with Gasteiger partial charge in [-0.05, 0) is 18.1 Å². The Labute approximate surface area is 111 Å². The van der Waals surface area contributed by atoms with Crippen molar-refractivity contribution in [2.75, 3.05) is 12.4 Å². The lowest BCUT2D eigenvalue weighted by molar-refractivity contribution is 0.256. The minimum absolute atomic E-state index is 0.0524. The van der Waals surface area contributed by atoms with Gasteiger partial charge in [-0.3, -0.25) is 10.3 Å². The summed E-state index contributed by atoms with van der Waals surface area (Å²) in [5.74, 6) is 0.0524. The van der Waals surface area contributed by atoms with E-state index in [1.165, 1.54) is 7.05 Å². The van der Waals surface area contributed by atoms with E-state index in [1.807, 2.05) is 12.1 Å². The van der Waals surface area contributed by atoms with Crippen LogP contribution in [0.2, 0.25) is 5.02 Å². The van der Waals surface area contributed by atoms with Gasteiger partial charge in [0.15, 0.2) is 5.96 Å². The number of hydrogen-bond donors (Lipinski definition) is 3. The maximum atomic E-state index is 11.6. The van der Waals surface area contributed by atoms with Gasteiger partial charge in [0.25, 0.3) is 0 Å². The molecule has 0 aliphatic heterocycles. The molecule has 0 saturated heterocycles. The lowest BCUT2D eigenvalue weighted by Gasteiger charge is -2.12. The lowest BCUT2D eigenvalue weighted by atomic mass is 10.1. The molecule has 0 bridgehead atoms. The fourth-order valence-electron chi connectivity index (χ4n) is 1.50. The van der Waals surface area contributed by atoms with Gasteiger partial charge in [0.1, 0.15) is 0 Å². The van der Waals surface area contributed by atoms with Gasteiger partial charge in [-0.1, -0.05) is 37.1 Å². The van der Waals surface area contributed by atoms with Crippen molar-refractivity contribution in [3.05, 3.63) is 28.8 Å². The molecule has 98 valence electrons. The first kappa shape index (κ1) is 14.3. The van der Waals surface area contributed by atoms with E-state index in [0.29, 0.717) is 10.7 Å². The first-order chi connectivity index (χ1) is 8.58. The zero-order valence-corrected chi connectivity index (χ0v) is 11.2. The summed E-state index contributed by atoms with van der Waals surface area (Å²) in [5, 5.41) is 5.58. The number of amides is 2. The SMILES string of the molecule is CCCc1cccc(Cl)c1NC(=O)NC(N)=NC. The van der Waals surface area contributed by atoms with Crippen LogP contribution in [0.3, 0.4) is 0 Å². The molecule has 0 saturated carbocycles. The van der Waals surface area contributed by atoms with E-state index in [-0.39, 0.29) is 5.96 Å². The summed E-state index contributed by atoms with van der Waals surface area (Å²) in [6, 6.07) is 5.07. The molecule has 0 fully saturated rings. The topological polar surface area (TPSA) is 79.5 Å². The smallest absolute Gasteiger partial charge is 0.326 e. The summed E-state index contributed by atoms with van der Waals surface area (Å²) in [6.45, 7) is 2.06. The van der Waals surface area contributed by atoms with Gasteiger partial charge >= 0.3 is 6.03 Å². The minimum Gasteiger partial charge on any atom is -0.370 e. The van der Waals surface area contributed by atoms with Crippen molar-refractivity contribution in [2.24, 2.45) is 10.7 Å². The number of hydrogen-bond acceptors (Lipinski definition) is 2. The molecule has 0 aromatic heterocycles. The molecule has 5 nitrogen and oxygen atoms in total. The summed E-state index contributed by atoms with van der Waals surface area (Å²) in [7, 11) is 1.49. The summed E-state index contributed by atoms with van der Waals surface area (Å²) in [5.41, 5.74) is 7.01. The van der Waals surface area contributed by atoms with E-state index in [9.17, 15) is 4.79 Å². The van der Waals surface area contributed by atoms with E-state index >= 15 is 0 Å². The van der Waals surface area contributed by atoms with Gasteiger partial charge in [0.2, 0.25) is 0 Å². The fourth-order valence-corrected chi connectivity index (χ4v) is 1.74. The molecule has 2 amide bonds. The number of rotatable bonds is 3. The van der Waals surface area contributed by atoms with Gasteiger partial charge in [0.05, 0.1) is 10.7 Å². The monoisotopic (exact) mass is 268 g/mol. The Hall–Kier alpha value is -1.75. The number of nitrogens with one attached hydrogen (secondary N) is 2. The van der Waals surface area contributed by atoms with Crippen molar-refractivity contribution >= 4 is 29.3 Å². The fraction of sp³-hybridized carbons (Fsp3) is 0.333. The molecule has 6 heteroatoms. The lowest BCUT2D eigenvalue weighted by Crippen LogP contribution is -2.39. The molecule has 18 heavy (non-hydrogen) atoms. The largest absolute Gasteiger partial charge is 0.370 e. The average molecular weight is 269 g/mol. The van der Waals surface area contributed by atoms with E-state index < -0.39 is 6.03 Å². The molecule has 0 heterocycles. The highest BCUT2D eigenvalue weighted by Crippen LogP contribution is 2.26. The maximum absolute atomic E-state index is 11.6. The molecule has 0 spiro atoms. The molecule has 1 aromatic rings. The van der Waals surface area contributed by atoms with Gasteiger partial charge in [0, 0.05) is 7.05 Å². The standard InChI is InChI=1S/C12H17ClN4O/c1-3-5-8-6-4-7-9(13)10(8)16-12(18)17-11(14)15-2/h4,6-7H,3,5H2,1-2H3,(H4,14,15,16,17,18). The quantitative estimate of drug-likeness (QED) is 0.581. The number of benzene rings is 1. The third-order valence-corrected chi connectivity index (χ3v) is 2.66. The van der Waals surface area contributed by atoms with E-state index in [4.69, 9.17) is 17.3 Å². The summed E-state index contributed by atoms with van der Waals surface area (Å²) in [4.78, 5) is 15.3. The zero-order valence-electron chi connectivity index (χ0n) is 10.5. The second kappa shape index (κ2) is 6.86. The third kappa shape index (κ3) is 3.92. The van der Waals surface area contributed by atoms with Crippen LogP contribution >= 0.6 is 11.6 Å². The number of guanidine groups is 1. The number of aryl methyl sites for hydroxylation is 1. The predicted octanol–water partition coefficient (Wildman–Crippen LogP) is 2.36. The number of carbonyl (C=O) groups is 1. The van der Waals surface area contributed by atoms with Crippen LogP contribution in [0.15, 0.2) is 23.2 Å². The number of carbonyl (C=O) groups excluding carboxylic acids is 1. The molecule has 1 rings (SSSR count). The highest BCUT2D eigenvalue weighted by atomic mass is 35.5. The van der Waals surface area contributed by atoms with E-state index in [0.717, 1.165) is 18.4 Å². The maximum Gasteiger partial charge on any atom is 0.326 e. The van der Waals surface area contributed by atoms with Crippen LogP contribution in [-0.2, 0) is 6.42 Å². The number of urea groups is 1. The van der Waals surface area contributed by atoms with Crippen LogP contribution in [0.1, 0.15) is 18.9 Å². The van der Waals surface area contributed by atoms with Crippen molar-refractivity contribution in [3.8, 4) is 0 Å². The van der Waals surface area contributed by atoms with Crippen LogP contribution in [0.25, 0.3) is 0 Å². The Bertz CT molecular complexity index is 459. The van der Waals surface area contributed by atoms with E-state index in [2.05, 4.69) is 22.5 Å². The molecule has 4 N–H and O–H groups in total. The number of anilines is 1. The zero-order chi connectivity index (χ0) is 13.5. The van der Waals surface area contributed by atoms with Crippen molar-refractivity contribution in [1.82, 2.24) is 5.32 Å². The van der Waals surface area contributed by atoms with Crippen LogP contribution < -0.4 is 16.4 Å². The molecule has 1 aromatic carbocycles. The highest BCUT2D eigenvalue weighted by molar-refractivity contribution is 6.34. The van der Waals surface area contributed by atoms with E-state index in [1.54, 1.807) is 6.07 Å². The summed E-state index contributed by atoms with van der Waals surface area (Å²) >= 11 is 6.08. The second-order valence-electron chi connectivity index (χ2n) is 3.71. The third-order valence-electron chi connectivity index (χ3n) is 2.34. The van der Waals surface area contributed by atoms with Crippen LogP contribution in [0.4, 0.5) is 10.5 Å². The molecule has 0 unspecified atom stereocenters. The number of para-hydroxylation sites is 1. The Morgan fingerprint density at radius 2 is 2.22 bits per heavy atom. The number of nitrogens with zero attached hydrogens (tertiary/aromatic N) is 1. The van der Waals surface area contributed by atoms with Gasteiger partial charge < -0.3 is 11.1 Å². The Balaban J connectivity index is 2.86. The molecule has 0 radical (unpaired) electrons. The van der Waals surface area contributed by atoms with Gasteiger partial charge in [-0.25, -0.2) is 4.79 Å². The van der Waals surface area contributed by atoms with Gasteiger partial charge in [-0.2, -0.15) is 0 Å². The Kier molecular flexibility index (Phi) is 5.45. The van der Waals surface area contributed by atoms with Crippen molar-refractivity contribution in [3.63, 3.8) is 0 Å². The number of aliphatic imine (C=N–C) groups is 1. The second-order valence-corrected chi connectivity index (χ2v) is 4.12. The highest BCUT2D eigenvalue weighted by Gasteiger charge is 2.10. The average Bonchev–Trinajstić information content (AvgIpc) is 2.33. The molecule has 0 aliphatic rings. The molecule has 0 aliphatic carbocycles. The van der Waals surface area contributed by atoms with Crippen LogP contribution in [0.5, 0.6) is 0 Å².